The van der Waals surface area contributed by atoms with Crippen molar-refractivity contribution in [1.29, 1.82) is 0 Å². The Morgan fingerprint density at radius 1 is 1.45 bits per heavy atom. The van der Waals surface area contributed by atoms with Crippen molar-refractivity contribution < 1.29 is 8.42 Å². The maximum atomic E-state index is 11.9. The Hall–Kier alpha value is -1.73. The molecule has 0 aliphatic heterocycles. The minimum atomic E-state index is -3.49. The van der Waals surface area contributed by atoms with Crippen LogP contribution in [-0.4, -0.2) is 31.0 Å². The molecule has 3 N–H and O–H groups in total. The third-order valence-corrected chi connectivity index (χ3v) is 4.02. The largest absolute Gasteiger partial charge is 0.382 e. The maximum absolute atomic E-state index is 11.9. The van der Waals surface area contributed by atoms with Crippen molar-refractivity contribution >= 4 is 33.1 Å². The molecule has 0 bridgehead atoms. The normalized spacial score (nSPS) is 11.6. The number of anilines is 2. The second-order valence-electron chi connectivity index (χ2n) is 4.26. The van der Waals surface area contributed by atoms with Gasteiger partial charge in [-0.1, -0.05) is 17.7 Å². The number of hydrogen-bond donors (Lipinski definition) is 2. The number of halogens is 1. The van der Waals surface area contributed by atoms with Crippen LogP contribution < -0.4 is 11.1 Å². The molecule has 0 amide bonds. The lowest BCUT2D eigenvalue weighted by Crippen LogP contribution is -2.06. The van der Waals surface area contributed by atoms with E-state index in [4.69, 9.17) is 17.3 Å². The molecule has 1 heterocycles. The lowest BCUT2D eigenvalue weighted by Gasteiger charge is -2.04. The monoisotopic (exact) mass is 314 g/mol. The van der Waals surface area contributed by atoms with Crippen LogP contribution in [0.3, 0.4) is 0 Å². The molecule has 1 aromatic heterocycles. The van der Waals surface area contributed by atoms with Gasteiger partial charge >= 0.3 is 0 Å². The van der Waals surface area contributed by atoms with Gasteiger partial charge in [0.1, 0.15) is 5.82 Å². The molecule has 0 spiro atoms. The molecule has 6 nitrogen and oxygen atoms in total. The zero-order valence-corrected chi connectivity index (χ0v) is 12.7. The summed E-state index contributed by atoms with van der Waals surface area (Å²) < 4.78 is 25.1. The Morgan fingerprint density at radius 2 is 2.15 bits per heavy atom. The van der Waals surface area contributed by atoms with Gasteiger partial charge in [0.15, 0.2) is 20.6 Å². The third-order valence-electron chi connectivity index (χ3n) is 2.64. The Kier molecular flexibility index (Phi) is 3.92. The number of aromatic nitrogens is 2. The van der Waals surface area contributed by atoms with Crippen molar-refractivity contribution in [3.63, 3.8) is 0 Å². The van der Waals surface area contributed by atoms with E-state index in [1.165, 1.54) is 4.68 Å². The first kappa shape index (κ1) is 14.7. The second kappa shape index (κ2) is 5.34. The summed E-state index contributed by atoms with van der Waals surface area (Å²) in [5, 5.41) is 7.64. The molecule has 0 saturated carbocycles. The standard InChI is InChI=1S/C12H15ClN4O2S/c1-3-15-12-10(20(2,18)19)11(14)17(16-12)9-6-4-5-8(13)7-9/h4-7H,3,14H2,1-2H3,(H,15,16). The molecular formula is C12H15ClN4O2S. The molecule has 2 aromatic rings. The van der Waals surface area contributed by atoms with Crippen LogP contribution in [0.1, 0.15) is 6.92 Å². The average molecular weight is 315 g/mol. The van der Waals surface area contributed by atoms with Gasteiger partial charge in [-0.3, -0.25) is 0 Å². The summed E-state index contributed by atoms with van der Waals surface area (Å²) >= 11 is 5.93. The minimum absolute atomic E-state index is 0.000625. The van der Waals surface area contributed by atoms with Gasteiger partial charge in [-0.2, -0.15) is 0 Å². The fourth-order valence-electron chi connectivity index (χ4n) is 1.87. The van der Waals surface area contributed by atoms with Crippen LogP contribution in [0.2, 0.25) is 5.02 Å². The Morgan fingerprint density at radius 3 is 2.70 bits per heavy atom. The summed E-state index contributed by atoms with van der Waals surface area (Å²) in [7, 11) is -3.49. The van der Waals surface area contributed by atoms with Gasteiger partial charge in [-0.15, -0.1) is 5.10 Å². The highest BCUT2D eigenvalue weighted by Crippen LogP contribution is 2.29. The molecular weight excluding hydrogens is 300 g/mol. The van der Waals surface area contributed by atoms with Gasteiger partial charge in [0.25, 0.3) is 0 Å². The number of hydrogen-bond acceptors (Lipinski definition) is 5. The first-order valence-electron chi connectivity index (χ1n) is 5.93. The van der Waals surface area contributed by atoms with Crippen molar-refractivity contribution in [2.75, 3.05) is 23.9 Å². The fraction of sp³-hybridized carbons (Fsp3) is 0.250. The highest BCUT2D eigenvalue weighted by Gasteiger charge is 2.24. The van der Waals surface area contributed by atoms with Gasteiger partial charge in [-0.25, -0.2) is 13.1 Å². The molecule has 0 unspecified atom stereocenters. The highest BCUT2D eigenvalue weighted by molar-refractivity contribution is 7.91. The number of nitrogens with zero attached hydrogens (tertiary/aromatic N) is 2. The molecule has 0 aliphatic rings. The van der Waals surface area contributed by atoms with E-state index in [9.17, 15) is 8.42 Å². The predicted molar refractivity (Wildman–Crippen MR) is 80.3 cm³/mol. The summed E-state index contributed by atoms with van der Waals surface area (Å²) in [5.41, 5.74) is 6.54. The average Bonchev–Trinajstić information content (AvgIpc) is 2.66. The van der Waals surface area contributed by atoms with Crippen LogP contribution in [0, 0.1) is 0 Å². The van der Waals surface area contributed by atoms with Crippen molar-refractivity contribution in [2.45, 2.75) is 11.8 Å². The van der Waals surface area contributed by atoms with E-state index in [0.29, 0.717) is 17.3 Å². The van der Waals surface area contributed by atoms with Crippen LogP contribution in [0.5, 0.6) is 0 Å². The van der Waals surface area contributed by atoms with E-state index in [2.05, 4.69) is 10.4 Å². The van der Waals surface area contributed by atoms with Gasteiger partial charge in [-0.05, 0) is 25.1 Å². The molecule has 20 heavy (non-hydrogen) atoms. The molecule has 0 radical (unpaired) electrons. The number of nitrogens with two attached hydrogens (primary N) is 1. The Balaban J connectivity index is 2.68. The maximum Gasteiger partial charge on any atom is 0.182 e. The van der Waals surface area contributed by atoms with Gasteiger partial charge in [0, 0.05) is 17.8 Å². The van der Waals surface area contributed by atoms with Gasteiger partial charge < -0.3 is 11.1 Å². The summed E-state index contributed by atoms with van der Waals surface area (Å²) in [6.07, 6.45) is 1.10. The SMILES string of the molecule is CCNc1nn(-c2cccc(Cl)c2)c(N)c1S(C)(=O)=O. The smallest absolute Gasteiger partial charge is 0.182 e. The first-order valence-corrected chi connectivity index (χ1v) is 8.20. The predicted octanol–water partition coefficient (Wildman–Crippen LogP) is 1.94. The first-order chi connectivity index (χ1) is 9.34. The zero-order chi connectivity index (χ0) is 14.9. The fourth-order valence-corrected chi connectivity index (χ4v) is 2.99. The van der Waals surface area contributed by atoms with Crippen molar-refractivity contribution in [2.24, 2.45) is 0 Å². The van der Waals surface area contributed by atoms with Crippen LogP contribution in [0.25, 0.3) is 5.69 Å². The molecule has 8 heteroatoms. The van der Waals surface area contributed by atoms with E-state index in [1.807, 2.05) is 6.92 Å². The highest BCUT2D eigenvalue weighted by atomic mass is 35.5. The van der Waals surface area contributed by atoms with Crippen LogP contribution in [0.4, 0.5) is 11.6 Å². The van der Waals surface area contributed by atoms with E-state index < -0.39 is 9.84 Å². The quantitative estimate of drug-likeness (QED) is 0.900. The van der Waals surface area contributed by atoms with E-state index in [1.54, 1.807) is 24.3 Å². The number of nitrogen functional groups attached to an aromatic ring is 1. The third kappa shape index (κ3) is 2.73. The molecule has 2 rings (SSSR count). The molecule has 0 saturated heterocycles. The molecule has 0 aliphatic carbocycles. The molecule has 0 fully saturated rings. The summed E-state index contributed by atoms with van der Waals surface area (Å²) in [5.74, 6) is 0.304. The summed E-state index contributed by atoms with van der Waals surface area (Å²) in [6.45, 7) is 2.38. The van der Waals surface area contributed by atoms with E-state index in [-0.39, 0.29) is 16.5 Å². The Bertz CT molecular complexity index is 740. The second-order valence-corrected chi connectivity index (χ2v) is 6.65. The van der Waals surface area contributed by atoms with Gasteiger partial charge in [0.2, 0.25) is 0 Å². The van der Waals surface area contributed by atoms with Crippen LogP contribution >= 0.6 is 11.6 Å². The van der Waals surface area contributed by atoms with Crippen LogP contribution in [0.15, 0.2) is 29.2 Å². The summed E-state index contributed by atoms with van der Waals surface area (Å²) in [4.78, 5) is -0.000625. The topological polar surface area (TPSA) is 90.0 Å². The lowest BCUT2D eigenvalue weighted by molar-refractivity contribution is 0.602. The zero-order valence-electron chi connectivity index (χ0n) is 11.1. The van der Waals surface area contributed by atoms with Crippen molar-refractivity contribution in [1.82, 2.24) is 9.78 Å². The summed E-state index contributed by atoms with van der Waals surface area (Å²) in [6, 6.07) is 6.86. The molecule has 1 aromatic carbocycles. The number of rotatable bonds is 4. The van der Waals surface area contributed by atoms with Crippen molar-refractivity contribution in [3.8, 4) is 5.69 Å². The van der Waals surface area contributed by atoms with Gasteiger partial charge in [0.05, 0.1) is 5.69 Å². The molecule has 108 valence electrons. The van der Waals surface area contributed by atoms with Crippen LogP contribution in [-0.2, 0) is 9.84 Å². The van der Waals surface area contributed by atoms with Crippen molar-refractivity contribution in [3.05, 3.63) is 29.3 Å². The number of sulfone groups is 1. The molecule has 0 atom stereocenters. The minimum Gasteiger partial charge on any atom is -0.382 e. The van der Waals surface area contributed by atoms with E-state index >= 15 is 0 Å². The van der Waals surface area contributed by atoms with E-state index in [0.717, 1.165) is 6.26 Å². The number of benzene rings is 1. The Labute approximate surface area is 122 Å². The lowest BCUT2D eigenvalue weighted by atomic mass is 10.3. The number of nitrogens with one attached hydrogen (secondary N) is 1.